The molecule has 2 rings (SSSR count). The zero-order valence-corrected chi connectivity index (χ0v) is 8.08. The van der Waals surface area contributed by atoms with Gasteiger partial charge in [-0.15, -0.1) is 0 Å². The summed E-state index contributed by atoms with van der Waals surface area (Å²) in [5.41, 5.74) is 0.754. The minimum Gasteiger partial charge on any atom is -0.312 e. The van der Waals surface area contributed by atoms with Gasteiger partial charge in [-0.25, -0.2) is 9.35 Å². The Labute approximate surface area is 80.0 Å². The Hall–Kier alpha value is -0.980. The summed E-state index contributed by atoms with van der Waals surface area (Å²) < 4.78 is 11.7. The number of hydrogen-bond acceptors (Lipinski definition) is 3. The molecule has 0 aliphatic rings. The molecule has 0 amide bonds. The lowest BCUT2D eigenvalue weighted by molar-refractivity contribution is 0.684. The predicted octanol–water partition coefficient (Wildman–Crippen LogP) is 0.571. The van der Waals surface area contributed by atoms with Gasteiger partial charge < -0.3 is 4.98 Å². The van der Waals surface area contributed by atoms with Crippen LogP contribution in [0.5, 0.6) is 0 Å². The largest absolute Gasteiger partial charge is 0.312 e. The van der Waals surface area contributed by atoms with Crippen LogP contribution in [0.15, 0.2) is 27.9 Å². The zero-order valence-electron chi connectivity index (χ0n) is 6.44. The highest BCUT2D eigenvalue weighted by atomic mass is 32.2. The van der Waals surface area contributed by atoms with E-state index in [2.05, 4.69) is 4.98 Å². The average molecular weight is 214 g/mol. The second-order valence-corrected chi connectivity index (χ2v) is 4.55. The van der Waals surface area contributed by atoms with Crippen LogP contribution in [0.3, 0.4) is 0 Å². The summed E-state index contributed by atoms with van der Waals surface area (Å²) in [4.78, 5) is 14.0. The van der Waals surface area contributed by atoms with E-state index in [4.69, 9.17) is 5.14 Å². The maximum absolute atomic E-state index is 10.9. The Kier molecular flexibility index (Phi) is 2.03. The molecule has 0 aliphatic heterocycles. The van der Waals surface area contributed by atoms with Crippen molar-refractivity contribution in [1.82, 2.24) is 4.98 Å². The lowest BCUT2D eigenvalue weighted by atomic mass is 10.3. The summed E-state index contributed by atoms with van der Waals surface area (Å²) >= 11 is 1.08. The van der Waals surface area contributed by atoms with Gasteiger partial charge in [0, 0.05) is 0 Å². The van der Waals surface area contributed by atoms with Crippen molar-refractivity contribution in [1.29, 1.82) is 0 Å². The molecule has 1 aromatic heterocycles. The van der Waals surface area contributed by atoms with Gasteiger partial charge in [-0.2, -0.15) is 0 Å². The standard InChI is InChI=1S/C7H6N2O2S2/c8-13(11)4-1-2-5-6(3-4)12-7(10)9-5/h1-3H,8H2,(H,9,10). The molecule has 0 saturated carbocycles. The normalized spacial score (nSPS) is 13.3. The number of nitrogens with two attached hydrogens (primary N) is 1. The molecule has 1 heterocycles. The number of nitrogens with one attached hydrogen (secondary N) is 1. The first-order chi connectivity index (χ1) is 6.16. The Morgan fingerprint density at radius 2 is 2.23 bits per heavy atom. The monoisotopic (exact) mass is 214 g/mol. The minimum absolute atomic E-state index is 0.116. The van der Waals surface area contributed by atoms with Gasteiger partial charge in [0.15, 0.2) is 0 Å². The van der Waals surface area contributed by atoms with Gasteiger partial charge >= 0.3 is 4.87 Å². The molecule has 13 heavy (non-hydrogen) atoms. The molecule has 2 aromatic rings. The quantitative estimate of drug-likeness (QED) is 0.728. The van der Waals surface area contributed by atoms with Crippen molar-refractivity contribution in [2.75, 3.05) is 0 Å². The molecule has 0 saturated heterocycles. The van der Waals surface area contributed by atoms with Gasteiger partial charge in [0.05, 0.1) is 15.1 Å². The summed E-state index contributed by atoms with van der Waals surface area (Å²) in [7, 11) is -1.48. The number of aromatic amines is 1. The van der Waals surface area contributed by atoms with E-state index in [9.17, 15) is 9.00 Å². The van der Waals surface area contributed by atoms with Gasteiger partial charge in [0.2, 0.25) is 0 Å². The molecule has 0 bridgehead atoms. The smallest absolute Gasteiger partial charge is 0.305 e. The van der Waals surface area contributed by atoms with Crippen LogP contribution in [-0.4, -0.2) is 9.19 Å². The highest BCUT2D eigenvalue weighted by Gasteiger charge is 2.02. The van der Waals surface area contributed by atoms with Crippen LogP contribution in [0, 0.1) is 0 Å². The van der Waals surface area contributed by atoms with E-state index in [1.165, 1.54) is 0 Å². The van der Waals surface area contributed by atoms with Crippen LogP contribution in [0.1, 0.15) is 0 Å². The molecule has 1 unspecified atom stereocenters. The summed E-state index contributed by atoms with van der Waals surface area (Å²) in [5.74, 6) is 0. The first-order valence-corrected chi connectivity index (χ1v) is 5.49. The topological polar surface area (TPSA) is 76.0 Å². The number of hydrogen-bond donors (Lipinski definition) is 2. The summed E-state index contributed by atoms with van der Waals surface area (Å²) in [6.07, 6.45) is 0. The number of H-pyrrole nitrogens is 1. The van der Waals surface area contributed by atoms with Crippen molar-refractivity contribution >= 4 is 32.5 Å². The summed E-state index contributed by atoms with van der Waals surface area (Å²) in [5, 5.41) is 5.20. The summed E-state index contributed by atoms with van der Waals surface area (Å²) in [6.45, 7) is 0. The maximum Gasteiger partial charge on any atom is 0.305 e. The van der Waals surface area contributed by atoms with E-state index in [1.54, 1.807) is 18.2 Å². The fourth-order valence-electron chi connectivity index (χ4n) is 1.05. The molecular weight excluding hydrogens is 208 g/mol. The molecule has 0 spiro atoms. The Bertz CT molecular complexity index is 529. The molecule has 0 fully saturated rings. The fourth-order valence-corrected chi connectivity index (χ4v) is 2.34. The third kappa shape index (κ3) is 1.55. The minimum atomic E-state index is -1.48. The molecule has 68 valence electrons. The highest BCUT2D eigenvalue weighted by Crippen LogP contribution is 2.17. The van der Waals surface area contributed by atoms with Gasteiger partial charge in [-0.1, -0.05) is 11.3 Å². The SMILES string of the molecule is NS(=O)c1ccc2[nH]c(=O)sc2c1. The van der Waals surface area contributed by atoms with Crippen LogP contribution in [0.2, 0.25) is 0 Å². The highest BCUT2D eigenvalue weighted by molar-refractivity contribution is 7.82. The van der Waals surface area contributed by atoms with E-state index in [-0.39, 0.29) is 4.87 Å². The molecule has 0 aliphatic carbocycles. The van der Waals surface area contributed by atoms with Crippen molar-refractivity contribution in [3.05, 3.63) is 27.9 Å². The van der Waals surface area contributed by atoms with Crippen LogP contribution in [0.25, 0.3) is 10.2 Å². The number of thiazole rings is 1. The third-order valence-corrected chi connectivity index (χ3v) is 3.19. The molecule has 0 radical (unpaired) electrons. The van der Waals surface area contributed by atoms with E-state index in [0.717, 1.165) is 21.6 Å². The number of fused-ring (bicyclic) bond motifs is 1. The van der Waals surface area contributed by atoms with Crippen molar-refractivity contribution in [3.8, 4) is 0 Å². The van der Waals surface area contributed by atoms with Crippen molar-refractivity contribution < 1.29 is 4.21 Å². The average Bonchev–Trinajstić information content (AvgIpc) is 2.42. The molecule has 3 N–H and O–H groups in total. The lowest BCUT2D eigenvalue weighted by Crippen LogP contribution is -2.01. The Morgan fingerprint density at radius 1 is 1.46 bits per heavy atom. The van der Waals surface area contributed by atoms with E-state index in [1.807, 2.05) is 0 Å². The van der Waals surface area contributed by atoms with Crippen molar-refractivity contribution in [2.45, 2.75) is 4.90 Å². The van der Waals surface area contributed by atoms with Crippen LogP contribution in [0.4, 0.5) is 0 Å². The van der Waals surface area contributed by atoms with Gasteiger partial charge in [0.25, 0.3) is 0 Å². The molecular formula is C7H6N2O2S2. The maximum atomic E-state index is 10.9. The van der Waals surface area contributed by atoms with Crippen LogP contribution >= 0.6 is 11.3 Å². The number of benzene rings is 1. The van der Waals surface area contributed by atoms with E-state index >= 15 is 0 Å². The van der Waals surface area contributed by atoms with Gasteiger partial charge in [0.1, 0.15) is 11.0 Å². The second kappa shape index (κ2) is 3.06. The van der Waals surface area contributed by atoms with Crippen molar-refractivity contribution in [2.24, 2.45) is 5.14 Å². The molecule has 1 aromatic carbocycles. The van der Waals surface area contributed by atoms with Crippen molar-refractivity contribution in [3.63, 3.8) is 0 Å². The summed E-state index contributed by atoms with van der Waals surface area (Å²) in [6, 6.07) is 5.00. The fraction of sp³-hybridized carbons (Fsp3) is 0. The molecule has 4 nitrogen and oxygen atoms in total. The number of rotatable bonds is 1. The zero-order chi connectivity index (χ0) is 9.42. The molecule has 1 atom stereocenters. The Morgan fingerprint density at radius 3 is 2.92 bits per heavy atom. The van der Waals surface area contributed by atoms with E-state index in [0.29, 0.717) is 4.90 Å². The van der Waals surface area contributed by atoms with Crippen LogP contribution in [-0.2, 0) is 11.0 Å². The van der Waals surface area contributed by atoms with E-state index < -0.39 is 11.0 Å². The predicted molar refractivity (Wildman–Crippen MR) is 53.0 cm³/mol. The van der Waals surface area contributed by atoms with Gasteiger partial charge in [-0.3, -0.25) is 4.79 Å². The lowest BCUT2D eigenvalue weighted by Gasteiger charge is -1.93. The van der Waals surface area contributed by atoms with Crippen LogP contribution < -0.4 is 10.0 Å². The molecule has 6 heteroatoms. The second-order valence-electron chi connectivity index (χ2n) is 2.47. The first kappa shape index (κ1) is 8.61. The third-order valence-electron chi connectivity index (χ3n) is 1.62. The Balaban J connectivity index is 2.74. The van der Waals surface area contributed by atoms with Gasteiger partial charge in [-0.05, 0) is 18.2 Å². The number of aromatic nitrogens is 1. The first-order valence-electron chi connectivity index (χ1n) is 3.46.